The van der Waals surface area contributed by atoms with Gasteiger partial charge in [-0.1, -0.05) is 45.2 Å². The van der Waals surface area contributed by atoms with Gasteiger partial charge in [0.25, 0.3) is 5.91 Å². The van der Waals surface area contributed by atoms with Crippen LogP contribution in [-0.4, -0.2) is 49.7 Å². The number of rotatable bonds is 3. The van der Waals surface area contributed by atoms with Crippen LogP contribution in [-0.2, 0) is 10.0 Å². The van der Waals surface area contributed by atoms with Crippen molar-refractivity contribution < 1.29 is 13.2 Å². The lowest BCUT2D eigenvalue weighted by Crippen LogP contribution is -2.50. The predicted octanol–water partition coefficient (Wildman–Crippen LogP) is 4.21. The summed E-state index contributed by atoms with van der Waals surface area (Å²) in [6, 6.07) is 10.0. The molecule has 1 fully saturated rings. The molecular weight excluding hydrogens is 475 g/mol. The third-order valence-corrected chi connectivity index (χ3v) is 7.84. The molecule has 9 heteroatoms. The van der Waals surface area contributed by atoms with Gasteiger partial charge in [0.2, 0.25) is 10.0 Å². The van der Waals surface area contributed by atoms with Gasteiger partial charge in [-0.2, -0.15) is 4.31 Å². The van der Waals surface area contributed by atoms with Crippen LogP contribution in [0.25, 0.3) is 0 Å². The van der Waals surface area contributed by atoms with Gasteiger partial charge in [0.15, 0.2) is 0 Å². The van der Waals surface area contributed by atoms with Gasteiger partial charge in [-0.3, -0.25) is 4.79 Å². The monoisotopic (exact) mass is 490 g/mol. The minimum Gasteiger partial charge on any atom is -0.336 e. The van der Waals surface area contributed by atoms with Crippen LogP contribution >= 0.6 is 39.1 Å². The van der Waals surface area contributed by atoms with Crippen molar-refractivity contribution in [2.75, 3.05) is 26.2 Å². The van der Waals surface area contributed by atoms with Crippen LogP contribution in [0.4, 0.5) is 0 Å². The number of hydrogen-bond acceptors (Lipinski definition) is 3. The molecule has 27 heavy (non-hydrogen) atoms. The molecule has 0 atom stereocenters. The molecule has 1 amide bonds. The lowest BCUT2D eigenvalue weighted by atomic mass is 10.1. The maximum Gasteiger partial charge on any atom is 0.254 e. The molecule has 2 aromatic carbocycles. The molecule has 0 spiro atoms. The quantitative estimate of drug-likeness (QED) is 0.646. The number of carbonyl (C=O) groups excluding carboxylic acids is 1. The van der Waals surface area contributed by atoms with Gasteiger partial charge in [-0.15, -0.1) is 0 Å². The average molecular weight is 492 g/mol. The zero-order valence-corrected chi connectivity index (χ0v) is 18.4. The highest BCUT2D eigenvalue weighted by atomic mass is 79.9. The Morgan fingerprint density at radius 1 is 1.07 bits per heavy atom. The Morgan fingerprint density at radius 2 is 1.74 bits per heavy atom. The van der Waals surface area contributed by atoms with Crippen molar-refractivity contribution in [2.24, 2.45) is 0 Å². The van der Waals surface area contributed by atoms with Crippen LogP contribution in [0.2, 0.25) is 10.0 Å². The highest BCUT2D eigenvalue weighted by Gasteiger charge is 2.32. The van der Waals surface area contributed by atoms with Crippen molar-refractivity contribution in [2.45, 2.75) is 11.8 Å². The summed E-state index contributed by atoms with van der Waals surface area (Å²) in [5.41, 5.74) is 1.49. The summed E-state index contributed by atoms with van der Waals surface area (Å²) in [6.07, 6.45) is 0. The fourth-order valence-electron chi connectivity index (χ4n) is 2.99. The number of hydrogen-bond donors (Lipinski definition) is 0. The number of carbonyl (C=O) groups is 1. The topological polar surface area (TPSA) is 57.7 Å². The van der Waals surface area contributed by atoms with Crippen LogP contribution in [0, 0.1) is 6.92 Å². The maximum absolute atomic E-state index is 12.9. The second-order valence-corrected chi connectivity index (χ2v) is 9.81. The number of sulfonamides is 1. The van der Waals surface area contributed by atoms with Crippen LogP contribution < -0.4 is 0 Å². The normalized spacial score (nSPS) is 15.8. The van der Waals surface area contributed by atoms with E-state index in [2.05, 4.69) is 15.9 Å². The van der Waals surface area contributed by atoms with Gasteiger partial charge in [-0.25, -0.2) is 8.42 Å². The summed E-state index contributed by atoms with van der Waals surface area (Å²) in [7, 11) is -3.77. The molecule has 0 radical (unpaired) electrons. The number of nitrogens with zero attached hydrogens (tertiary/aromatic N) is 2. The van der Waals surface area contributed by atoms with E-state index < -0.39 is 10.0 Å². The number of benzene rings is 2. The maximum atomic E-state index is 12.9. The molecule has 0 saturated carbocycles. The minimum absolute atomic E-state index is 0.0137. The molecule has 0 unspecified atom stereocenters. The van der Waals surface area contributed by atoms with E-state index in [1.54, 1.807) is 23.1 Å². The van der Waals surface area contributed by atoms with Gasteiger partial charge >= 0.3 is 0 Å². The molecular formula is C18H17BrCl2N2O3S. The molecule has 3 rings (SSSR count). The third kappa shape index (κ3) is 4.17. The average Bonchev–Trinajstić information content (AvgIpc) is 2.63. The van der Waals surface area contributed by atoms with Gasteiger partial charge in [0.1, 0.15) is 4.90 Å². The first kappa shape index (κ1) is 20.6. The molecule has 1 aliphatic rings. The fraction of sp³-hybridized carbons (Fsp3) is 0.278. The van der Waals surface area contributed by atoms with E-state index in [1.807, 2.05) is 19.1 Å². The van der Waals surface area contributed by atoms with E-state index >= 15 is 0 Å². The van der Waals surface area contributed by atoms with Crippen LogP contribution in [0.1, 0.15) is 15.9 Å². The van der Waals surface area contributed by atoms with Gasteiger partial charge in [0.05, 0.1) is 10.0 Å². The molecule has 0 aromatic heterocycles. The van der Waals surface area contributed by atoms with Crippen molar-refractivity contribution >= 4 is 55.1 Å². The summed E-state index contributed by atoms with van der Waals surface area (Å²) in [5, 5.41) is 0.209. The highest BCUT2D eigenvalue weighted by Crippen LogP contribution is 2.31. The van der Waals surface area contributed by atoms with Crippen LogP contribution in [0.3, 0.4) is 0 Å². The van der Waals surface area contributed by atoms with E-state index in [0.29, 0.717) is 18.7 Å². The molecule has 5 nitrogen and oxygen atoms in total. The Bertz CT molecular complexity index is 990. The summed E-state index contributed by atoms with van der Waals surface area (Å²) in [4.78, 5) is 14.4. The standard InChI is InChI=1S/C18H17BrCl2N2O3S/c1-12-11-13(19)5-6-14(12)18(24)22-7-9-23(10-8-22)27(25,26)16-4-2-3-15(20)17(16)21/h2-6,11H,7-10H2,1H3. The highest BCUT2D eigenvalue weighted by molar-refractivity contribution is 9.10. The van der Waals surface area contributed by atoms with Crippen molar-refractivity contribution in [1.82, 2.24) is 9.21 Å². The SMILES string of the molecule is Cc1cc(Br)ccc1C(=O)N1CCN(S(=O)(=O)c2cccc(Cl)c2Cl)CC1. The molecule has 1 saturated heterocycles. The second-order valence-electron chi connectivity index (χ2n) is 6.21. The molecule has 1 aliphatic heterocycles. The summed E-state index contributed by atoms with van der Waals surface area (Å²) in [6.45, 7) is 2.90. The van der Waals surface area contributed by atoms with Crippen molar-refractivity contribution in [1.29, 1.82) is 0 Å². The Kier molecular flexibility index (Phi) is 6.17. The molecule has 0 N–H and O–H groups in total. The smallest absolute Gasteiger partial charge is 0.254 e. The number of amides is 1. The third-order valence-electron chi connectivity index (χ3n) is 4.48. The van der Waals surface area contributed by atoms with Crippen LogP contribution in [0.5, 0.6) is 0 Å². The first-order valence-corrected chi connectivity index (χ1v) is 11.2. The lowest BCUT2D eigenvalue weighted by Gasteiger charge is -2.34. The lowest BCUT2D eigenvalue weighted by molar-refractivity contribution is 0.0697. The number of piperazine rings is 1. The van der Waals surface area contributed by atoms with E-state index in [0.717, 1.165) is 10.0 Å². The molecule has 144 valence electrons. The Balaban J connectivity index is 1.75. The van der Waals surface area contributed by atoms with E-state index in [1.165, 1.54) is 10.4 Å². The van der Waals surface area contributed by atoms with Crippen molar-refractivity contribution in [3.8, 4) is 0 Å². The molecule has 0 bridgehead atoms. The summed E-state index contributed by atoms with van der Waals surface area (Å²) >= 11 is 15.4. The number of aryl methyl sites for hydroxylation is 1. The Hall–Kier alpha value is -1.12. The Labute approximate surface area is 177 Å². The van der Waals surface area contributed by atoms with Crippen LogP contribution in [0.15, 0.2) is 45.8 Å². The van der Waals surface area contributed by atoms with Crippen molar-refractivity contribution in [3.63, 3.8) is 0 Å². The molecule has 2 aromatic rings. The minimum atomic E-state index is -3.77. The van der Waals surface area contributed by atoms with Gasteiger partial charge in [-0.05, 0) is 42.8 Å². The largest absolute Gasteiger partial charge is 0.336 e. The summed E-state index contributed by atoms with van der Waals surface area (Å²) in [5.74, 6) is -0.0992. The predicted molar refractivity (Wildman–Crippen MR) is 110 cm³/mol. The number of halogens is 3. The van der Waals surface area contributed by atoms with E-state index in [4.69, 9.17) is 23.2 Å². The fourth-order valence-corrected chi connectivity index (χ4v) is 5.62. The van der Waals surface area contributed by atoms with E-state index in [9.17, 15) is 13.2 Å². The first-order chi connectivity index (χ1) is 12.7. The van der Waals surface area contributed by atoms with E-state index in [-0.39, 0.29) is 33.9 Å². The second kappa shape index (κ2) is 8.09. The zero-order valence-electron chi connectivity index (χ0n) is 14.5. The summed E-state index contributed by atoms with van der Waals surface area (Å²) < 4.78 is 28.0. The first-order valence-electron chi connectivity index (χ1n) is 8.21. The zero-order chi connectivity index (χ0) is 19.8. The molecule has 0 aliphatic carbocycles. The Morgan fingerprint density at radius 3 is 2.37 bits per heavy atom. The molecule has 1 heterocycles. The van der Waals surface area contributed by atoms with Gasteiger partial charge in [0, 0.05) is 36.2 Å². The van der Waals surface area contributed by atoms with Crippen molar-refractivity contribution in [3.05, 3.63) is 62.0 Å². The van der Waals surface area contributed by atoms with Gasteiger partial charge < -0.3 is 4.90 Å².